The monoisotopic (exact) mass is 215 g/mol. The summed E-state index contributed by atoms with van der Waals surface area (Å²) in [7, 11) is 0. The molecule has 4 N–H and O–H groups in total. The first-order valence-electron chi connectivity index (χ1n) is 5.07. The maximum absolute atomic E-state index is 11.5. The Morgan fingerprint density at radius 2 is 2.07 bits per heavy atom. The van der Waals surface area contributed by atoms with Gasteiger partial charge in [-0.05, 0) is 32.9 Å². The third kappa shape index (κ3) is 4.16. The average Bonchev–Trinajstić information content (AvgIpc) is 2.18. The van der Waals surface area contributed by atoms with Gasteiger partial charge in [-0.25, -0.2) is 4.79 Å². The molecule has 2 amide bonds. The summed E-state index contributed by atoms with van der Waals surface area (Å²) in [6.45, 7) is 3.30. The van der Waals surface area contributed by atoms with Crippen molar-refractivity contribution in [2.24, 2.45) is 5.73 Å². The van der Waals surface area contributed by atoms with E-state index in [4.69, 9.17) is 5.73 Å². The van der Waals surface area contributed by atoms with E-state index in [9.17, 15) is 9.59 Å². The fraction of sp³-hybridized carbons (Fsp3) is 0.778. The zero-order valence-electron chi connectivity index (χ0n) is 8.79. The summed E-state index contributed by atoms with van der Waals surface area (Å²) in [6, 6.07) is 0.165. The molecule has 0 aliphatic carbocycles. The molecule has 6 nitrogen and oxygen atoms in total. The van der Waals surface area contributed by atoms with Gasteiger partial charge in [-0.1, -0.05) is 0 Å². The van der Waals surface area contributed by atoms with Gasteiger partial charge >= 0.3 is 6.09 Å². The van der Waals surface area contributed by atoms with E-state index in [2.05, 4.69) is 15.4 Å². The lowest BCUT2D eigenvalue weighted by molar-refractivity contribution is -0.129. The van der Waals surface area contributed by atoms with Gasteiger partial charge in [0.1, 0.15) is 0 Å². The highest BCUT2D eigenvalue weighted by Gasteiger charge is 2.21. The first kappa shape index (κ1) is 11.8. The Kier molecular flexibility index (Phi) is 4.36. The molecule has 1 rings (SSSR count). The Morgan fingerprint density at radius 3 is 2.60 bits per heavy atom. The fourth-order valence-electron chi connectivity index (χ4n) is 1.51. The van der Waals surface area contributed by atoms with Crippen molar-refractivity contribution in [2.75, 3.05) is 13.1 Å². The van der Waals surface area contributed by atoms with Crippen molar-refractivity contribution in [3.63, 3.8) is 0 Å². The molecule has 0 saturated carbocycles. The van der Waals surface area contributed by atoms with Crippen LogP contribution in [0.4, 0.5) is 4.79 Å². The van der Waals surface area contributed by atoms with E-state index >= 15 is 0 Å². The zero-order chi connectivity index (χ0) is 11.3. The van der Waals surface area contributed by atoms with Crippen molar-refractivity contribution >= 4 is 12.0 Å². The van der Waals surface area contributed by atoms with Gasteiger partial charge in [0, 0.05) is 6.04 Å². The van der Waals surface area contributed by atoms with Crippen LogP contribution in [0.25, 0.3) is 0 Å². The molecule has 15 heavy (non-hydrogen) atoms. The molecule has 6 heteroatoms. The van der Waals surface area contributed by atoms with Crippen LogP contribution in [-0.4, -0.2) is 37.2 Å². The molecule has 1 aliphatic heterocycles. The molecule has 0 bridgehead atoms. The summed E-state index contributed by atoms with van der Waals surface area (Å²) in [5, 5.41) is 6.01. The predicted molar refractivity (Wildman–Crippen MR) is 54.2 cm³/mol. The quantitative estimate of drug-likeness (QED) is 0.582. The Hall–Kier alpha value is -1.30. The first-order chi connectivity index (χ1) is 7.09. The SMILES string of the molecule is CC(OC(N)=O)C(=O)NC1CCNCC1. The Morgan fingerprint density at radius 1 is 1.47 bits per heavy atom. The van der Waals surface area contributed by atoms with Crippen LogP contribution < -0.4 is 16.4 Å². The van der Waals surface area contributed by atoms with E-state index < -0.39 is 12.2 Å². The van der Waals surface area contributed by atoms with Crippen LogP contribution in [0.5, 0.6) is 0 Å². The summed E-state index contributed by atoms with van der Waals surface area (Å²) in [5.41, 5.74) is 4.81. The minimum absolute atomic E-state index is 0.165. The third-order valence-electron chi connectivity index (χ3n) is 2.35. The molecule has 1 unspecified atom stereocenters. The molecule has 1 atom stereocenters. The van der Waals surface area contributed by atoms with Gasteiger partial charge in [0.25, 0.3) is 5.91 Å². The number of primary amides is 1. The third-order valence-corrected chi connectivity index (χ3v) is 2.35. The highest BCUT2D eigenvalue weighted by molar-refractivity contribution is 5.82. The number of piperidine rings is 1. The van der Waals surface area contributed by atoms with Gasteiger partial charge < -0.3 is 21.1 Å². The molecule has 0 aromatic carbocycles. The number of nitrogens with two attached hydrogens (primary N) is 1. The van der Waals surface area contributed by atoms with Gasteiger partial charge in [0.15, 0.2) is 6.10 Å². The number of nitrogens with one attached hydrogen (secondary N) is 2. The zero-order valence-corrected chi connectivity index (χ0v) is 8.79. The molecule has 0 radical (unpaired) electrons. The van der Waals surface area contributed by atoms with Gasteiger partial charge in [-0.3, -0.25) is 4.79 Å². The summed E-state index contributed by atoms with van der Waals surface area (Å²) >= 11 is 0. The Labute approximate surface area is 88.5 Å². The number of amides is 2. The molecule has 1 saturated heterocycles. The maximum atomic E-state index is 11.5. The molecule has 1 aliphatic rings. The lowest BCUT2D eigenvalue weighted by Gasteiger charge is -2.24. The molecule has 0 spiro atoms. The van der Waals surface area contributed by atoms with E-state index in [1.807, 2.05) is 0 Å². The van der Waals surface area contributed by atoms with Crippen molar-refractivity contribution in [3.05, 3.63) is 0 Å². The van der Waals surface area contributed by atoms with Crippen molar-refractivity contribution in [3.8, 4) is 0 Å². The molecular formula is C9H17N3O3. The van der Waals surface area contributed by atoms with Crippen LogP contribution in [0.15, 0.2) is 0 Å². The number of ether oxygens (including phenoxy) is 1. The normalized spacial score (nSPS) is 19.3. The van der Waals surface area contributed by atoms with Crippen molar-refractivity contribution in [1.82, 2.24) is 10.6 Å². The van der Waals surface area contributed by atoms with Gasteiger partial charge in [0.2, 0.25) is 0 Å². The lowest BCUT2D eigenvalue weighted by atomic mass is 10.1. The predicted octanol–water partition coefficient (Wildman–Crippen LogP) is -0.662. The second-order valence-electron chi connectivity index (χ2n) is 3.61. The minimum atomic E-state index is -0.928. The topological polar surface area (TPSA) is 93.5 Å². The number of rotatable bonds is 3. The Bertz CT molecular complexity index is 239. The second-order valence-corrected chi connectivity index (χ2v) is 3.61. The van der Waals surface area contributed by atoms with Crippen molar-refractivity contribution < 1.29 is 14.3 Å². The molecule has 1 fully saturated rings. The molecule has 1 heterocycles. The summed E-state index contributed by atoms with van der Waals surface area (Å²) < 4.78 is 4.56. The molecule has 0 aromatic rings. The van der Waals surface area contributed by atoms with E-state index in [1.54, 1.807) is 0 Å². The van der Waals surface area contributed by atoms with Gasteiger partial charge in [-0.15, -0.1) is 0 Å². The first-order valence-corrected chi connectivity index (χ1v) is 5.07. The molecule has 0 aromatic heterocycles. The highest BCUT2D eigenvalue weighted by Crippen LogP contribution is 2.03. The van der Waals surface area contributed by atoms with Gasteiger partial charge in [0.05, 0.1) is 0 Å². The van der Waals surface area contributed by atoms with Gasteiger partial charge in [-0.2, -0.15) is 0 Å². The van der Waals surface area contributed by atoms with E-state index in [1.165, 1.54) is 6.92 Å². The average molecular weight is 215 g/mol. The number of carbonyl (C=O) groups excluding carboxylic acids is 2. The molecular weight excluding hydrogens is 198 g/mol. The number of carbonyl (C=O) groups is 2. The fourth-order valence-corrected chi connectivity index (χ4v) is 1.51. The second kappa shape index (κ2) is 5.55. The van der Waals surface area contributed by atoms with Crippen LogP contribution in [0, 0.1) is 0 Å². The van der Waals surface area contributed by atoms with E-state index in [-0.39, 0.29) is 11.9 Å². The van der Waals surface area contributed by atoms with Crippen LogP contribution in [0.1, 0.15) is 19.8 Å². The standard InChI is InChI=1S/C9H17N3O3/c1-6(15-9(10)14)8(13)12-7-2-4-11-5-3-7/h6-7,11H,2-5H2,1H3,(H2,10,14)(H,12,13). The molecule has 86 valence electrons. The van der Waals surface area contributed by atoms with Crippen molar-refractivity contribution in [2.45, 2.75) is 31.9 Å². The van der Waals surface area contributed by atoms with E-state index in [0.29, 0.717) is 0 Å². The van der Waals surface area contributed by atoms with Crippen molar-refractivity contribution in [1.29, 1.82) is 0 Å². The number of hydrogen-bond donors (Lipinski definition) is 3. The summed E-state index contributed by atoms with van der Waals surface area (Å²) in [6.07, 6.45) is 0.0460. The maximum Gasteiger partial charge on any atom is 0.405 e. The Balaban J connectivity index is 2.30. The van der Waals surface area contributed by atoms with Crippen LogP contribution in [0.2, 0.25) is 0 Å². The largest absolute Gasteiger partial charge is 0.437 e. The van der Waals surface area contributed by atoms with E-state index in [0.717, 1.165) is 25.9 Å². The van der Waals surface area contributed by atoms with Crippen LogP contribution in [0.3, 0.4) is 0 Å². The van der Waals surface area contributed by atoms with Crippen LogP contribution >= 0.6 is 0 Å². The summed E-state index contributed by atoms with van der Waals surface area (Å²) in [5.74, 6) is -0.291. The minimum Gasteiger partial charge on any atom is -0.437 e. The smallest absolute Gasteiger partial charge is 0.405 e. The highest BCUT2D eigenvalue weighted by atomic mass is 16.6. The van der Waals surface area contributed by atoms with Crippen LogP contribution in [-0.2, 0) is 9.53 Å². The number of hydrogen-bond acceptors (Lipinski definition) is 4. The lowest BCUT2D eigenvalue weighted by Crippen LogP contribution is -2.46. The summed E-state index contributed by atoms with van der Waals surface area (Å²) in [4.78, 5) is 21.9.